The maximum Gasteiger partial charge on any atom is 0.192 e. The van der Waals surface area contributed by atoms with Crippen molar-refractivity contribution in [1.29, 1.82) is 0 Å². The number of epoxide rings is 1. The summed E-state index contributed by atoms with van der Waals surface area (Å²) in [6.45, 7) is 19.8. The molecule has 0 aromatic heterocycles. The topological polar surface area (TPSA) is 62.2 Å². The lowest BCUT2D eigenvalue weighted by Crippen LogP contribution is -2.49. The molecule has 3 rings (SSSR count). The minimum atomic E-state index is -1.79. The molecule has 0 amide bonds. The summed E-state index contributed by atoms with van der Waals surface area (Å²) in [4.78, 5) is 0. The summed E-state index contributed by atoms with van der Waals surface area (Å²) >= 11 is 0. The van der Waals surface area contributed by atoms with Crippen molar-refractivity contribution in [1.82, 2.24) is 0 Å². The van der Waals surface area contributed by atoms with Gasteiger partial charge >= 0.3 is 0 Å². The molecular weight excluding hydrogens is 344 g/mol. The first-order chi connectivity index (χ1) is 11.8. The third-order valence-corrected chi connectivity index (χ3v) is 12.8. The fraction of sp³-hybridized carbons (Fsp3) is 0.905. The third kappa shape index (κ3) is 2.86. The van der Waals surface area contributed by atoms with Crippen molar-refractivity contribution in [3.05, 3.63) is 12.2 Å². The van der Waals surface area contributed by atoms with Crippen LogP contribution < -0.4 is 0 Å². The molecule has 0 aromatic carbocycles. The molecular formula is C21H38O4Si. The van der Waals surface area contributed by atoms with Crippen LogP contribution in [0, 0.1) is 17.3 Å². The number of aliphatic hydroxyl groups is 2. The maximum absolute atomic E-state index is 10.7. The summed E-state index contributed by atoms with van der Waals surface area (Å²) < 4.78 is 12.9. The molecule has 7 atom stereocenters. The average molecular weight is 383 g/mol. The molecule has 5 heteroatoms. The van der Waals surface area contributed by atoms with Crippen LogP contribution in [0.2, 0.25) is 18.1 Å². The van der Waals surface area contributed by atoms with Crippen molar-refractivity contribution in [2.24, 2.45) is 17.3 Å². The number of aliphatic hydroxyl groups excluding tert-OH is 2. The van der Waals surface area contributed by atoms with E-state index in [0.717, 1.165) is 19.3 Å². The average Bonchev–Trinajstić information content (AvgIpc) is 3.19. The van der Waals surface area contributed by atoms with Gasteiger partial charge in [-0.1, -0.05) is 41.2 Å². The van der Waals surface area contributed by atoms with Crippen LogP contribution in [0.1, 0.15) is 53.9 Å². The minimum Gasteiger partial charge on any atom is -0.414 e. The quantitative estimate of drug-likeness (QED) is 0.430. The Balaban J connectivity index is 1.77. The second-order valence-corrected chi connectivity index (χ2v) is 15.6. The second kappa shape index (κ2) is 6.15. The molecule has 0 bridgehead atoms. The third-order valence-electron chi connectivity index (χ3n) is 8.28. The van der Waals surface area contributed by atoms with Gasteiger partial charge in [-0.05, 0) is 54.8 Å². The van der Waals surface area contributed by atoms with Crippen molar-refractivity contribution in [2.75, 3.05) is 6.61 Å². The van der Waals surface area contributed by atoms with E-state index in [1.165, 1.54) is 0 Å². The summed E-state index contributed by atoms with van der Waals surface area (Å²) in [6, 6.07) is 0. The minimum absolute atomic E-state index is 0.0714. The highest BCUT2D eigenvalue weighted by Crippen LogP contribution is 2.70. The van der Waals surface area contributed by atoms with Gasteiger partial charge in [0.1, 0.15) is 11.7 Å². The lowest BCUT2D eigenvalue weighted by atomic mass is 9.62. The first kappa shape index (κ1) is 20.5. The first-order valence-corrected chi connectivity index (χ1v) is 13.0. The number of hydrogen-bond acceptors (Lipinski definition) is 4. The van der Waals surface area contributed by atoms with Gasteiger partial charge in [0.2, 0.25) is 0 Å². The van der Waals surface area contributed by atoms with Crippen molar-refractivity contribution < 1.29 is 19.4 Å². The lowest BCUT2D eigenvalue weighted by Gasteiger charge is -2.49. The van der Waals surface area contributed by atoms with Gasteiger partial charge in [-0.25, -0.2) is 0 Å². The Morgan fingerprint density at radius 1 is 1.35 bits per heavy atom. The molecule has 2 N–H and O–H groups in total. The Kier molecular flexibility index (Phi) is 4.85. The van der Waals surface area contributed by atoms with Crippen LogP contribution in [-0.2, 0) is 9.16 Å². The van der Waals surface area contributed by atoms with Gasteiger partial charge in [0.15, 0.2) is 8.32 Å². The normalized spacial score (nSPS) is 43.6. The molecule has 0 spiro atoms. The predicted octanol–water partition coefficient (Wildman–Crippen LogP) is 3.88. The first-order valence-electron chi connectivity index (χ1n) is 10.1. The highest BCUT2D eigenvalue weighted by Gasteiger charge is 2.77. The zero-order chi connectivity index (χ0) is 19.7. The summed E-state index contributed by atoms with van der Waals surface area (Å²) in [5.74, 6) is 0.973. The van der Waals surface area contributed by atoms with Crippen molar-refractivity contribution >= 4 is 8.32 Å². The van der Waals surface area contributed by atoms with Crippen molar-refractivity contribution in [2.45, 2.75) is 95.9 Å². The largest absolute Gasteiger partial charge is 0.414 e. The zero-order valence-electron chi connectivity index (χ0n) is 17.6. The van der Waals surface area contributed by atoms with E-state index in [-0.39, 0.29) is 23.2 Å². The summed E-state index contributed by atoms with van der Waals surface area (Å²) in [5, 5.41) is 20.3. The molecule has 0 radical (unpaired) electrons. The van der Waals surface area contributed by atoms with Crippen LogP contribution in [0.25, 0.3) is 0 Å². The number of ether oxygens (including phenoxy) is 1. The maximum atomic E-state index is 10.7. The van der Waals surface area contributed by atoms with Crippen molar-refractivity contribution in [3.8, 4) is 0 Å². The van der Waals surface area contributed by atoms with Gasteiger partial charge < -0.3 is 19.4 Å². The Morgan fingerprint density at radius 2 is 1.96 bits per heavy atom. The van der Waals surface area contributed by atoms with Crippen LogP contribution >= 0.6 is 0 Å². The number of fused-ring (bicyclic) bond motifs is 3. The summed E-state index contributed by atoms with van der Waals surface area (Å²) in [6.07, 6.45) is 2.56. The summed E-state index contributed by atoms with van der Waals surface area (Å²) in [5.41, 5.74) is 0.0140. The molecule has 1 aliphatic heterocycles. The molecule has 3 aliphatic rings. The molecule has 1 saturated heterocycles. The summed E-state index contributed by atoms with van der Waals surface area (Å²) in [7, 11) is -1.79. The Bertz CT molecular complexity index is 583. The van der Waals surface area contributed by atoms with Gasteiger partial charge in [-0.3, -0.25) is 0 Å². The van der Waals surface area contributed by atoms with Crippen LogP contribution in [0.3, 0.4) is 0 Å². The molecule has 26 heavy (non-hydrogen) atoms. The molecule has 2 aliphatic carbocycles. The van der Waals surface area contributed by atoms with Gasteiger partial charge in [0.25, 0.3) is 0 Å². The monoisotopic (exact) mass is 382 g/mol. The number of rotatable bonds is 5. The SMILES string of the molecule is C=C(CO)[C@@H](O)[C@]12C[C@@H]3C[C@@H](O[Si](C)(C)C(C)(C)C)C[C@@H](C)[C@]3(C)[C@H]1O2. The molecule has 150 valence electrons. The zero-order valence-corrected chi connectivity index (χ0v) is 18.6. The smallest absolute Gasteiger partial charge is 0.192 e. The van der Waals surface area contributed by atoms with Gasteiger partial charge in [-0.15, -0.1) is 0 Å². The molecule has 0 aromatic rings. The number of hydrogen-bond donors (Lipinski definition) is 2. The molecule has 3 fully saturated rings. The van der Waals surface area contributed by atoms with Gasteiger partial charge in [0, 0.05) is 11.5 Å². The van der Waals surface area contributed by atoms with Crippen LogP contribution in [0.15, 0.2) is 12.2 Å². The molecule has 2 saturated carbocycles. The van der Waals surface area contributed by atoms with E-state index in [1.807, 2.05) is 0 Å². The van der Waals surface area contributed by atoms with E-state index in [2.05, 4.69) is 54.3 Å². The lowest BCUT2D eigenvalue weighted by molar-refractivity contribution is -0.0469. The molecule has 4 nitrogen and oxygen atoms in total. The van der Waals surface area contributed by atoms with Crippen LogP contribution in [0.5, 0.6) is 0 Å². The Morgan fingerprint density at radius 3 is 2.50 bits per heavy atom. The predicted molar refractivity (Wildman–Crippen MR) is 107 cm³/mol. The highest BCUT2D eigenvalue weighted by atomic mass is 28.4. The van der Waals surface area contributed by atoms with Gasteiger partial charge in [0.05, 0.1) is 12.7 Å². The van der Waals surface area contributed by atoms with Crippen LogP contribution in [-0.4, -0.2) is 49.1 Å². The van der Waals surface area contributed by atoms with Crippen LogP contribution in [0.4, 0.5) is 0 Å². The second-order valence-electron chi connectivity index (χ2n) is 10.8. The van der Waals surface area contributed by atoms with E-state index in [4.69, 9.17) is 9.16 Å². The fourth-order valence-corrected chi connectivity index (χ4v) is 6.69. The highest BCUT2D eigenvalue weighted by molar-refractivity contribution is 6.74. The van der Waals surface area contributed by atoms with E-state index in [1.54, 1.807) is 0 Å². The standard InChI is InChI=1S/C21H38O4Si/c1-13(12-22)17(23)21-11-15-10-16(25-26(7,8)19(3,4)5)9-14(2)20(15,6)18(21)24-21/h14-18,22-23H,1,9-12H2,2-8H3/t14-,15+,16+,17-,18-,20+,21-/m1/s1. The fourth-order valence-electron chi connectivity index (χ4n) is 5.31. The van der Waals surface area contributed by atoms with Gasteiger partial charge in [-0.2, -0.15) is 0 Å². The Hall–Kier alpha value is -0.203. The van der Waals surface area contributed by atoms with Crippen molar-refractivity contribution in [3.63, 3.8) is 0 Å². The van der Waals surface area contributed by atoms with E-state index in [0.29, 0.717) is 23.5 Å². The molecule has 1 heterocycles. The van der Waals surface area contributed by atoms with E-state index >= 15 is 0 Å². The van der Waals surface area contributed by atoms with E-state index < -0.39 is 20.0 Å². The van der Waals surface area contributed by atoms with E-state index in [9.17, 15) is 10.2 Å². The Labute approximate surface area is 160 Å². The molecule has 0 unspecified atom stereocenters.